The Kier molecular flexibility index (Phi) is 38.1. The van der Waals surface area contributed by atoms with Gasteiger partial charge >= 0.3 is 103 Å². The van der Waals surface area contributed by atoms with E-state index in [9.17, 15) is 4.39 Å². The number of rotatable bonds is 5. The van der Waals surface area contributed by atoms with E-state index in [1.165, 1.54) is 23.0 Å². The number of fused-ring (bicyclic) bond motifs is 5. The Morgan fingerprint density at radius 3 is 1.20 bits per heavy atom. The van der Waals surface area contributed by atoms with Gasteiger partial charge in [0.15, 0.2) is 0 Å². The number of pyridine rings is 10. The minimum absolute atomic E-state index is 0. The second-order valence-electron chi connectivity index (χ2n) is 25.2. The summed E-state index contributed by atoms with van der Waals surface area (Å²) < 4.78 is 23.1. The number of halogens is 4. The second-order valence-corrected chi connectivity index (χ2v) is 40.2. The summed E-state index contributed by atoms with van der Waals surface area (Å²) in [7, 11) is -2.45. The summed E-state index contributed by atoms with van der Waals surface area (Å²) in [4.78, 5) is 64.4. The first-order valence-corrected chi connectivity index (χ1v) is 45.3. The topological polar surface area (TPSA) is 240 Å². The molecular weight excluding hydrogens is 1830 g/mol. The van der Waals surface area contributed by atoms with Crippen LogP contribution in [-0.4, -0.2) is 106 Å². The quantitative estimate of drug-likeness (QED) is 0.0320. The number of nitrogens with zero attached hydrogens (tertiary/aromatic N) is 16. The Morgan fingerprint density at radius 1 is 0.496 bits per heavy atom. The van der Waals surface area contributed by atoms with E-state index in [-0.39, 0.29) is 111 Å². The summed E-state index contributed by atoms with van der Waals surface area (Å²) in [6.45, 7) is 16.9. The molecule has 556 valence electrons. The summed E-state index contributed by atoms with van der Waals surface area (Å²) in [6.07, 6.45) is 47.1. The predicted molar refractivity (Wildman–Crippen MR) is 467 cm³/mol. The van der Waals surface area contributed by atoms with Crippen molar-refractivity contribution in [2.75, 3.05) is 0 Å². The van der Waals surface area contributed by atoms with Gasteiger partial charge in [0, 0.05) is 154 Å². The van der Waals surface area contributed by atoms with Gasteiger partial charge in [0.25, 0.3) is 6.47 Å². The van der Waals surface area contributed by atoms with Crippen molar-refractivity contribution in [2.45, 2.75) is 53.1 Å². The molecule has 0 atom stereocenters. The Bertz CT molecular complexity index is 6000. The number of carbonyl (C=O) groups is 1. The van der Waals surface area contributed by atoms with Crippen molar-refractivity contribution in [3.05, 3.63) is 306 Å². The van der Waals surface area contributed by atoms with Crippen LogP contribution in [0.3, 0.4) is 0 Å². The summed E-state index contributed by atoms with van der Waals surface area (Å²) in [5, 5.41) is 20.3. The molecule has 0 spiro atoms. The molecule has 0 bridgehead atoms. The van der Waals surface area contributed by atoms with E-state index in [2.05, 4.69) is 223 Å². The van der Waals surface area contributed by atoms with Crippen LogP contribution in [0.2, 0.25) is 39.3 Å². The third kappa shape index (κ3) is 29.8. The van der Waals surface area contributed by atoms with Crippen molar-refractivity contribution in [1.29, 1.82) is 0 Å². The average molecular weight is 1910 g/mol. The molecule has 0 aliphatic heterocycles. The molecule has 0 unspecified atom stereocenters. The number of aromatic nitrogens is 17. The van der Waals surface area contributed by atoms with Gasteiger partial charge in [0.1, 0.15) is 49.7 Å². The smallest absolute Gasteiger partial charge is 1.00 e. The van der Waals surface area contributed by atoms with Crippen LogP contribution in [0.4, 0.5) is 4.39 Å². The predicted octanol–water partition coefficient (Wildman–Crippen LogP) is 12.3. The van der Waals surface area contributed by atoms with Gasteiger partial charge in [0.2, 0.25) is 5.95 Å². The van der Waals surface area contributed by atoms with Crippen LogP contribution in [0.25, 0.3) is 77.8 Å². The molecule has 0 saturated carbocycles. The Balaban J connectivity index is 0.000000208. The van der Waals surface area contributed by atoms with Crippen molar-refractivity contribution in [2.24, 2.45) is 0 Å². The largest absolute Gasteiger partial charge is 1.00 e. The van der Waals surface area contributed by atoms with Gasteiger partial charge < -0.3 is 16.6 Å². The molecule has 0 amide bonds. The van der Waals surface area contributed by atoms with E-state index in [0.717, 1.165) is 111 Å². The summed E-state index contributed by atoms with van der Waals surface area (Å²) in [5.41, 5.74) is 14.8. The minimum Gasteiger partial charge on any atom is -1.00 e. The number of carbonyl (C=O) groups excluding carboxylic acids is 1. The number of hydrogen-bond donors (Lipinski definition) is 1. The van der Waals surface area contributed by atoms with Crippen LogP contribution in [0.1, 0.15) is 33.8 Å². The number of aryl methyl sites for hydroxylation is 2. The molecule has 17 aromatic rings. The van der Waals surface area contributed by atoms with Crippen molar-refractivity contribution >= 4 is 161 Å². The third-order valence-corrected chi connectivity index (χ3v) is 20.0. The van der Waals surface area contributed by atoms with Crippen molar-refractivity contribution < 1.29 is 124 Å². The van der Waals surface area contributed by atoms with Gasteiger partial charge in [-0.2, -0.15) is 4.39 Å². The van der Waals surface area contributed by atoms with E-state index in [1.54, 1.807) is 72.1 Å². The van der Waals surface area contributed by atoms with Crippen LogP contribution in [0.15, 0.2) is 261 Å². The fraction of sp³-hybridized carbons (Fsp3) is 0.0964. The number of thiazole rings is 2. The Hall–Kier alpha value is -8.29. The second kappa shape index (κ2) is 46.9. The molecule has 0 aromatic carbocycles. The van der Waals surface area contributed by atoms with Gasteiger partial charge in [0.05, 0.1) is 68.6 Å². The van der Waals surface area contributed by atoms with Gasteiger partial charge in [-0.3, -0.25) is 48.0 Å². The van der Waals surface area contributed by atoms with Gasteiger partial charge in [-0.25, -0.2) is 34.9 Å². The molecule has 17 rings (SSSR count). The van der Waals surface area contributed by atoms with Crippen LogP contribution < -0.4 is 108 Å². The van der Waals surface area contributed by atoms with Crippen molar-refractivity contribution in [1.82, 2.24) is 83.1 Å². The normalized spacial score (nSPS) is 10.1. The molecule has 0 radical (unpaired) electrons. The Labute approximate surface area is 786 Å². The maximum Gasteiger partial charge on any atom is 1.00 e. The van der Waals surface area contributed by atoms with Crippen molar-refractivity contribution in [3.63, 3.8) is 0 Å². The number of hydrogen-bond acceptors (Lipinski definition) is 17. The Morgan fingerprint density at radius 2 is 0.885 bits per heavy atom. The SMILES string of the molecule is C#C[Si](C)(C)C.C#Cc1ccc(-n2ccc3ccncc32)nc1.C[Si](C)(C)C#Cc1ccc(-n2ccc3ccncc32)nc1.Cc1nc(Br)cs1.Cc1nc(C#Cc2ccc(-n3ccc4ccncc43)nc2)cs1.Fc1ccc(I)cn1.Ic1ccc(-n2ccc3ccncc32)nc1.O=CO[O-].[H-].[K+].[K+].c1cc2cc[nH]c2cn1. The average Bonchev–Trinajstić information content (AvgIpc) is 1.68. The first-order chi connectivity index (χ1) is 53.6. The monoisotopic (exact) mass is 1900 g/mol. The number of aromatic amines is 1. The number of terminal acetylenes is 2. The molecule has 17 heterocycles. The van der Waals surface area contributed by atoms with E-state index < -0.39 is 22.1 Å². The molecule has 0 saturated heterocycles. The molecule has 0 aliphatic rings. The number of nitrogens with one attached hydrogen (secondary N) is 1. The van der Waals surface area contributed by atoms with Gasteiger partial charge in [-0.15, -0.1) is 46.6 Å². The zero-order valence-electron chi connectivity index (χ0n) is 64.2. The first kappa shape index (κ1) is 91.9. The summed E-state index contributed by atoms with van der Waals surface area (Å²) >= 11 is 10.8. The third-order valence-electron chi connectivity index (χ3n) is 14.7. The zero-order valence-corrected chi connectivity index (χ0v) is 79.0. The van der Waals surface area contributed by atoms with Crippen LogP contribution in [0.5, 0.6) is 0 Å². The molecular formula is C83H71BrFI2K2N17O3S2Si2. The van der Waals surface area contributed by atoms with Gasteiger partial charge in [-0.05, 0) is 202 Å². The van der Waals surface area contributed by atoms with Crippen molar-refractivity contribution in [3.8, 4) is 70.9 Å². The standard InChI is InChI=1S/C18H12N4S.C17H17N3Si.C14H9N3.C12H8IN3.C7H6N2.C5H3FIN.C5H10Si.C4H4BrNS.CH2O3.2K.H/c1-13-21-16(12-23-13)4-2-14-3-5-18(20-10-14)22-9-7-15-6-8-19-11-17(15)22;1-21(2,3)11-8-14-4-5-17(19-12-14)20-10-7-15-6-9-18-13-16(15)20;1-2-11-3-4-14(16-9-11)17-8-6-12-5-7-15-10-13(12)17;13-10-1-2-12(15-7-10)16-6-4-9-3-5-14-8-11(9)16;1-3-8-5-7-6(1)2-4-9-7;6-5-2-1-4(7)3-8-5;1-5-6(2,3)4;1-3-6-4(5)2-7-3;2-1-4-3;;;/h3,5-12H,1H3;4-7,9-10,12-13H,1-3H3;1,3-10H;1-8H;1-5,9H;1-3H;1H,2-4H3;2H,1H3;1,3H;;;/q;;;;;;;;;2*+1;-1/p-1. The molecule has 1 N–H and O–H groups in total. The molecule has 30 heteroatoms. The van der Waals surface area contributed by atoms with Crippen LogP contribution in [0, 0.1) is 74.6 Å². The zero-order chi connectivity index (χ0) is 79.1. The molecule has 113 heavy (non-hydrogen) atoms. The first-order valence-electron chi connectivity index (χ1n) is 33.6. The minimum atomic E-state index is -1.35. The fourth-order valence-electron chi connectivity index (χ4n) is 9.43. The van der Waals surface area contributed by atoms with E-state index in [1.807, 2.05) is 208 Å². The summed E-state index contributed by atoms with van der Waals surface area (Å²) in [6, 6.07) is 39.0. The molecule has 0 aliphatic carbocycles. The van der Waals surface area contributed by atoms with Gasteiger partial charge in [-0.1, -0.05) is 57.0 Å². The van der Waals surface area contributed by atoms with Crippen LogP contribution in [-0.2, 0) is 9.68 Å². The van der Waals surface area contributed by atoms with E-state index in [4.69, 9.17) is 22.9 Å². The number of H-pyrrole nitrogens is 1. The molecule has 20 nitrogen and oxygen atoms in total. The van der Waals surface area contributed by atoms with Crippen LogP contribution >= 0.6 is 83.8 Å². The van der Waals surface area contributed by atoms with E-state index in [0.29, 0.717) is 0 Å². The van der Waals surface area contributed by atoms with E-state index >= 15 is 0 Å². The maximum atomic E-state index is 12.0. The maximum absolute atomic E-state index is 12.0. The molecule has 0 fully saturated rings. The fourth-order valence-corrected chi connectivity index (χ4v) is 12.3. The summed E-state index contributed by atoms with van der Waals surface area (Å²) in [5.74, 6) is 15.0. The molecule has 17 aromatic heterocycles.